The molecule has 0 radical (unpaired) electrons. The highest BCUT2D eigenvalue weighted by atomic mass is 16.3. The Morgan fingerprint density at radius 2 is 2.13 bits per heavy atom. The van der Waals surface area contributed by atoms with Crippen molar-refractivity contribution in [2.75, 3.05) is 0 Å². The summed E-state index contributed by atoms with van der Waals surface area (Å²) in [6.45, 7) is 4.35. The minimum Gasteiger partial charge on any atom is -0.393 e. The molecule has 2 rings (SSSR count). The largest absolute Gasteiger partial charge is 0.393 e. The van der Waals surface area contributed by atoms with Crippen LogP contribution in [-0.2, 0) is 6.42 Å². The third-order valence-electron chi connectivity index (χ3n) is 3.80. The van der Waals surface area contributed by atoms with Crippen LogP contribution in [0, 0.1) is 5.92 Å². The topological polar surface area (TPSA) is 20.2 Å². The predicted octanol–water partition coefficient (Wildman–Crippen LogP) is 3.12. The van der Waals surface area contributed by atoms with Crippen molar-refractivity contribution in [3.63, 3.8) is 0 Å². The average Bonchev–Trinajstić information content (AvgIpc) is 2.60. The molecule has 1 aromatic rings. The van der Waals surface area contributed by atoms with Crippen molar-refractivity contribution < 1.29 is 5.11 Å². The van der Waals surface area contributed by atoms with Gasteiger partial charge < -0.3 is 5.11 Å². The van der Waals surface area contributed by atoms with Crippen LogP contribution in [0.5, 0.6) is 0 Å². The molecule has 0 aromatic heterocycles. The Kier molecular flexibility index (Phi) is 3.11. The molecule has 0 amide bonds. The Hall–Kier alpha value is -0.820. The van der Waals surface area contributed by atoms with Gasteiger partial charge in [0.25, 0.3) is 0 Å². The van der Waals surface area contributed by atoms with Crippen LogP contribution in [-0.4, -0.2) is 11.2 Å². The lowest BCUT2D eigenvalue weighted by Gasteiger charge is -2.18. The van der Waals surface area contributed by atoms with Gasteiger partial charge in [0.2, 0.25) is 0 Å². The summed E-state index contributed by atoms with van der Waals surface area (Å²) in [7, 11) is 0. The Balaban J connectivity index is 2.22. The van der Waals surface area contributed by atoms with Crippen LogP contribution in [0.15, 0.2) is 24.3 Å². The summed E-state index contributed by atoms with van der Waals surface area (Å²) in [5.41, 5.74) is 2.82. The molecule has 1 aliphatic rings. The molecule has 1 saturated carbocycles. The fourth-order valence-electron chi connectivity index (χ4n) is 2.66. The Morgan fingerprint density at radius 1 is 1.33 bits per heavy atom. The van der Waals surface area contributed by atoms with E-state index in [4.69, 9.17) is 0 Å². The fourth-order valence-corrected chi connectivity index (χ4v) is 2.66. The second-order valence-electron chi connectivity index (χ2n) is 4.71. The van der Waals surface area contributed by atoms with Crippen LogP contribution in [0.1, 0.15) is 43.7 Å². The number of aliphatic hydroxyl groups is 1. The van der Waals surface area contributed by atoms with Gasteiger partial charge >= 0.3 is 0 Å². The molecule has 0 aliphatic heterocycles. The predicted molar refractivity (Wildman–Crippen MR) is 63.0 cm³/mol. The molecule has 0 spiro atoms. The van der Waals surface area contributed by atoms with Crippen molar-refractivity contribution in [1.29, 1.82) is 0 Å². The molecule has 0 bridgehead atoms. The maximum Gasteiger partial charge on any atom is 0.0571 e. The Bertz CT molecular complexity index is 332. The Labute approximate surface area is 92.1 Å². The quantitative estimate of drug-likeness (QED) is 0.784. The van der Waals surface area contributed by atoms with Gasteiger partial charge in [-0.25, -0.2) is 0 Å². The summed E-state index contributed by atoms with van der Waals surface area (Å²) < 4.78 is 0. The molecule has 3 atom stereocenters. The van der Waals surface area contributed by atoms with Crippen molar-refractivity contribution in [3.8, 4) is 0 Å². The molecule has 15 heavy (non-hydrogen) atoms. The van der Waals surface area contributed by atoms with Gasteiger partial charge in [0.1, 0.15) is 0 Å². The van der Waals surface area contributed by atoms with E-state index >= 15 is 0 Å². The zero-order chi connectivity index (χ0) is 10.8. The first kappa shape index (κ1) is 10.7. The van der Waals surface area contributed by atoms with Gasteiger partial charge in [-0.2, -0.15) is 0 Å². The van der Waals surface area contributed by atoms with E-state index in [1.165, 1.54) is 11.1 Å². The van der Waals surface area contributed by atoms with E-state index in [2.05, 4.69) is 38.1 Å². The summed E-state index contributed by atoms with van der Waals surface area (Å²) >= 11 is 0. The van der Waals surface area contributed by atoms with E-state index in [0.717, 1.165) is 19.3 Å². The minimum atomic E-state index is -0.0970. The van der Waals surface area contributed by atoms with Gasteiger partial charge in [-0.15, -0.1) is 0 Å². The molecule has 82 valence electrons. The van der Waals surface area contributed by atoms with Crippen molar-refractivity contribution >= 4 is 0 Å². The zero-order valence-corrected chi connectivity index (χ0v) is 9.61. The van der Waals surface area contributed by atoms with Crippen molar-refractivity contribution in [1.82, 2.24) is 0 Å². The smallest absolute Gasteiger partial charge is 0.0571 e. The lowest BCUT2D eigenvalue weighted by Crippen LogP contribution is -2.14. The summed E-state index contributed by atoms with van der Waals surface area (Å²) in [5.74, 6) is 0.976. The van der Waals surface area contributed by atoms with Gasteiger partial charge in [0.05, 0.1) is 6.10 Å². The summed E-state index contributed by atoms with van der Waals surface area (Å²) in [4.78, 5) is 0. The van der Waals surface area contributed by atoms with E-state index in [1.54, 1.807) is 0 Å². The molecule has 3 unspecified atom stereocenters. The lowest BCUT2D eigenvalue weighted by molar-refractivity contribution is 0.136. The summed E-state index contributed by atoms with van der Waals surface area (Å²) in [6, 6.07) is 8.84. The van der Waals surface area contributed by atoms with Crippen LogP contribution >= 0.6 is 0 Å². The van der Waals surface area contributed by atoms with Gasteiger partial charge in [0.15, 0.2) is 0 Å². The highest BCUT2D eigenvalue weighted by Gasteiger charge is 2.32. The Morgan fingerprint density at radius 3 is 2.73 bits per heavy atom. The number of aryl methyl sites for hydroxylation is 1. The molecule has 1 fully saturated rings. The van der Waals surface area contributed by atoms with Crippen LogP contribution in [0.2, 0.25) is 0 Å². The molecule has 1 aliphatic carbocycles. The maximum atomic E-state index is 9.76. The average molecular weight is 204 g/mol. The number of aliphatic hydroxyl groups excluding tert-OH is 1. The second-order valence-corrected chi connectivity index (χ2v) is 4.71. The number of hydrogen-bond donors (Lipinski definition) is 1. The molecule has 1 N–H and O–H groups in total. The molecule has 1 nitrogen and oxygen atoms in total. The van der Waals surface area contributed by atoms with Gasteiger partial charge in [-0.1, -0.05) is 38.1 Å². The van der Waals surface area contributed by atoms with E-state index in [1.807, 2.05) is 0 Å². The second kappa shape index (κ2) is 4.36. The fraction of sp³-hybridized carbons (Fsp3) is 0.571. The van der Waals surface area contributed by atoms with Crippen molar-refractivity contribution in [3.05, 3.63) is 35.4 Å². The zero-order valence-electron chi connectivity index (χ0n) is 9.61. The van der Waals surface area contributed by atoms with Gasteiger partial charge in [0, 0.05) is 0 Å². The van der Waals surface area contributed by atoms with Gasteiger partial charge in [-0.05, 0) is 42.2 Å². The molecule has 0 heterocycles. The van der Waals surface area contributed by atoms with Gasteiger partial charge in [-0.3, -0.25) is 0 Å². The first-order valence-electron chi connectivity index (χ1n) is 5.99. The van der Waals surface area contributed by atoms with Crippen LogP contribution in [0.3, 0.4) is 0 Å². The monoisotopic (exact) mass is 204 g/mol. The molecule has 0 saturated heterocycles. The summed E-state index contributed by atoms with van der Waals surface area (Å²) in [6.07, 6.45) is 3.09. The summed E-state index contributed by atoms with van der Waals surface area (Å²) in [5, 5.41) is 9.76. The van der Waals surface area contributed by atoms with Crippen LogP contribution in [0.25, 0.3) is 0 Å². The molecular formula is C14H20O. The number of hydrogen-bond acceptors (Lipinski definition) is 1. The van der Waals surface area contributed by atoms with E-state index in [-0.39, 0.29) is 6.10 Å². The van der Waals surface area contributed by atoms with E-state index < -0.39 is 0 Å². The van der Waals surface area contributed by atoms with Crippen molar-refractivity contribution in [2.24, 2.45) is 5.92 Å². The normalized spacial score (nSPS) is 30.7. The molecule has 1 heteroatoms. The van der Waals surface area contributed by atoms with E-state index in [9.17, 15) is 5.11 Å². The first-order valence-corrected chi connectivity index (χ1v) is 5.99. The highest BCUT2D eigenvalue weighted by molar-refractivity contribution is 5.28. The molecular weight excluding hydrogens is 184 g/mol. The standard InChI is InChI=1S/C14H20O/c1-3-11-5-4-6-12(9-11)13-7-8-14(15)10(13)2/h4-6,9-10,13-15H,3,7-8H2,1-2H3. The number of benzene rings is 1. The van der Waals surface area contributed by atoms with E-state index in [0.29, 0.717) is 11.8 Å². The van der Waals surface area contributed by atoms with Crippen molar-refractivity contribution in [2.45, 2.75) is 45.1 Å². The lowest BCUT2D eigenvalue weighted by atomic mass is 9.88. The number of rotatable bonds is 2. The highest BCUT2D eigenvalue weighted by Crippen LogP contribution is 2.39. The SMILES string of the molecule is CCc1cccc(C2CCC(O)C2C)c1. The third kappa shape index (κ3) is 2.07. The maximum absolute atomic E-state index is 9.76. The minimum absolute atomic E-state index is 0.0970. The van der Waals surface area contributed by atoms with Crippen LogP contribution < -0.4 is 0 Å². The van der Waals surface area contributed by atoms with Crippen LogP contribution in [0.4, 0.5) is 0 Å². The first-order chi connectivity index (χ1) is 7.22. The molecule has 1 aromatic carbocycles. The third-order valence-corrected chi connectivity index (χ3v) is 3.80.